The molecule has 0 amide bonds. The number of oxime groups is 1. The van der Waals surface area contributed by atoms with Gasteiger partial charge >= 0.3 is 0 Å². The molecule has 0 bridgehead atoms. The Kier molecular flexibility index (Phi) is 4.94. The van der Waals surface area contributed by atoms with Gasteiger partial charge in [-0.3, -0.25) is 0 Å². The van der Waals surface area contributed by atoms with Crippen molar-refractivity contribution in [3.8, 4) is 11.8 Å². The average molecular weight is 280 g/mol. The molecule has 0 aliphatic rings. The number of nitriles is 1. The highest BCUT2D eigenvalue weighted by atomic mass is 16.6. The van der Waals surface area contributed by atoms with Crippen LogP contribution in [0.1, 0.15) is 16.7 Å². The fourth-order valence-electron chi connectivity index (χ4n) is 1.84. The highest BCUT2D eigenvalue weighted by molar-refractivity contribution is 6.11. The predicted molar refractivity (Wildman–Crippen MR) is 81.1 cm³/mol. The zero-order chi connectivity index (χ0) is 15.1. The van der Waals surface area contributed by atoms with Gasteiger partial charge in [-0.05, 0) is 30.7 Å². The summed E-state index contributed by atoms with van der Waals surface area (Å²) in [5.41, 5.74) is 3.12. The fourth-order valence-corrected chi connectivity index (χ4v) is 1.84. The first-order chi connectivity index (χ1) is 10.2. The fraction of sp³-hybridized carbons (Fsp3) is 0.176. The molecule has 0 aliphatic heterocycles. The van der Waals surface area contributed by atoms with Crippen molar-refractivity contribution in [1.82, 2.24) is 0 Å². The van der Waals surface area contributed by atoms with Gasteiger partial charge in [-0.15, -0.1) is 0 Å². The molecule has 2 aromatic carbocycles. The molecule has 106 valence electrons. The monoisotopic (exact) mass is 280 g/mol. The van der Waals surface area contributed by atoms with Crippen molar-refractivity contribution in [2.24, 2.45) is 5.16 Å². The van der Waals surface area contributed by atoms with Gasteiger partial charge in [-0.2, -0.15) is 5.26 Å². The van der Waals surface area contributed by atoms with Crippen LogP contribution in [0.15, 0.2) is 53.7 Å². The van der Waals surface area contributed by atoms with E-state index in [1.165, 1.54) is 12.7 Å². The molecule has 21 heavy (non-hydrogen) atoms. The minimum absolute atomic E-state index is 0.245. The number of nitrogens with zero attached hydrogens (tertiary/aromatic N) is 2. The van der Waals surface area contributed by atoms with E-state index in [0.29, 0.717) is 12.2 Å². The van der Waals surface area contributed by atoms with E-state index >= 15 is 0 Å². The Morgan fingerprint density at radius 2 is 1.95 bits per heavy atom. The summed E-state index contributed by atoms with van der Waals surface area (Å²) in [6, 6.07) is 17.4. The summed E-state index contributed by atoms with van der Waals surface area (Å²) in [5, 5.41) is 12.7. The minimum atomic E-state index is 0.245. The van der Waals surface area contributed by atoms with Gasteiger partial charge in [0.1, 0.15) is 25.5 Å². The number of ether oxygens (including phenoxy) is 1. The van der Waals surface area contributed by atoms with Gasteiger partial charge in [0.25, 0.3) is 0 Å². The van der Waals surface area contributed by atoms with Gasteiger partial charge in [0.2, 0.25) is 0 Å². The van der Waals surface area contributed by atoms with Crippen LogP contribution in [0.5, 0.6) is 5.75 Å². The molecule has 4 nitrogen and oxygen atoms in total. The molecular formula is C17H16N2O2. The van der Waals surface area contributed by atoms with Gasteiger partial charge < -0.3 is 9.57 Å². The summed E-state index contributed by atoms with van der Waals surface area (Å²) >= 11 is 0. The van der Waals surface area contributed by atoms with Gasteiger partial charge in [-0.1, -0.05) is 41.1 Å². The van der Waals surface area contributed by atoms with Crippen molar-refractivity contribution in [2.45, 2.75) is 13.5 Å². The van der Waals surface area contributed by atoms with Crippen molar-refractivity contribution in [3.63, 3.8) is 0 Å². The van der Waals surface area contributed by atoms with Crippen LogP contribution in [-0.4, -0.2) is 12.8 Å². The summed E-state index contributed by atoms with van der Waals surface area (Å²) in [6.45, 7) is 2.47. The van der Waals surface area contributed by atoms with E-state index in [-0.39, 0.29) is 5.71 Å². The Balaban J connectivity index is 2.09. The zero-order valence-corrected chi connectivity index (χ0v) is 12.0. The number of aryl methyl sites for hydroxylation is 1. The van der Waals surface area contributed by atoms with Crippen LogP contribution in [0.4, 0.5) is 0 Å². The number of rotatable bonds is 5. The van der Waals surface area contributed by atoms with Crippen molar-refractivity contribution < 1.29 is 9.57 Å². The lowest BCUT2D eigenvalue weighted by Crippen LogP contribution is -2.01. The molecule has 0 fully saturated rings. The minimum Gasteiger partial charge on any atom is -0.489 e. The number of hydrogen-bond donors (Lipinski definition) is 0. The lowest BCUT2D eigenvalue weighted by molar-refractivity contribution is 0.214. The van der Waals surface area contributed by atoms with E-state index in [4.69, 9.17) is 10.00 Å². The van der Waals surface area contributed by atoms with E-state index < -0.39 is 0 Å². The van der Waals surface area contributed by atoms with Crippen LogP contribution in [0.3, 0.4) is 0 Å². The van der Waals surface area contributed by atoms with Gasteiger partial charge in [0.05, 0.1) is 0 Å². The van der Waals surface area contributed by atoms with Crippen LogP contribution in [0.2, 0.25) is 0 Å². The van der Waals surface area contributed by atoms with Crippen LogP contribution >= 0.6 is 0 Å². The summed E-state index contributed by atoms with van der Waals surface area (Å²) in [6.07, 6.45) is 0. The molecule has 2 rings (SSSR count). The lowest BCUT2D eigenvalue weighted by atomic mass is 10.1. The van der Waals surface area contributed by atoms with Crippen molar-refractivity contribution >= 4 is 5.71 Å². The largest absolute Gasteiger partial charge is 0.489 e. The first-order valence-corrected chi connectivity index (χ1v) is 6.53. The van der Waals surface area contributed by atoms with Gasteiger partial charge in [-0.25, -0.2) is 0 Å². The standard InChI is InChI=1S/C17H16N2O2/c1-13-6-8-16(9-7-13)21-12-14-4-3-5-15(10-14)17(11-18)19-20-2/h3-10H,12H2,1-2H3. The summed E-state index contributed by atoms with van der Waals surface area (Å²) in [5.74, 6) is 0.817. The van der Waals surface area contributed by atoms with Crippen LogP contribution < -0.4 is 4.74 Å². The molecule has 0 aromatic heterocycles. The average Bonchev–Trinajstić information content (AvgIpc) is 2.52. The zero-order valence-electron chi connectivity index (χ0n) is 12.0. The SMILES string of the molecule is CON=C(C#N)c1cccc(COc2ccc(C)cc2)c1. The normalized spacial score (nSPS) is 10.8. The Labute approximate surface area is 124 Å². The molecule has 0 radical (unpaired) electrons. The molecule has 0 atom stereocenters. The van der Waals surface area contributed by atoms with Crippen molar-refractivity contribution in [2.75, 3.05) is 7.11 Å². The third-order valence-corrected chi connectivity index (χ3v) is 2.92. The topological polar surface area (TPSA) is 54.6 Å². The molecule has 0 N–H and O–H groups in total. The van der Waals surface area contributed by atoms with E-state index in [0.717, 1.165) is 11.3 Å². The third-order valence-electron chi connectivity index (χ3n) is 2.92. The molecule has 0 saturated carbocycles. The van der Waals surface area contributed by atoms with Crippen LogP contribution in [0, 0.1) is 18.3 Å². The smallest absolute Gasteiger partial charge is 0.186 e. The second kappa shape index (κ2) is 7.11. The maximum Gasteiger partial charge on any atom is 0.186 e. The Morgan fingerprint density at radius 1 is 1.19 bits per heavy atom. The van der Waals surface area contributed by atoms with Crippen LogP contribution in [0.25, 0.3) is 0 Å². The summed E-state index contributed by atoms with van der Waals surface area (Å²) in [7, 11) is 1.42. The second-order valence-corrected chi connectivity index (χ2v) is 4.54. The first kappa shape index (κ1) is 14.6. The van der Waals surface area contributed by atoms with E-state index in [1.807, 2.05) is 61.5 Å². The lowest BCUT2D eigenvalue weighted by Gasteiger charge is -2.07. The van der Waals surface area contributed by atoms with Crippen molar-refractivity contribution in [3.05, 3.63) is 65.2 Å². The quantitative estimate of drug-likeness (QED) is 0.622. The molecular weight excluding hydrogens is 264 g/mol. The summed E-state index contributed by atoms with van der Waals surface area (Å²) < 4.78 is 5.72. The predicted octanol–water partition coefficient (Wildman–Crippen LogP) is 3.45. The molecule has 0 spiro atoms. The molecule has 4 heteroatoms. The van der Waals surface area contributed by atoms with Gasteiger partial charge in [0.15, 0.2) is 5.71 Å². The number of benzene rings is 2. The maximum absolute atomic E-state index is 9.04. The van der Waals surface area contributed by atoms with E-state index in [9.17, 15) is 0 Å². The highest BCUT2D eigenvalue weighted by Gasteiger charge is 2.05. The molecule has 2 aromatic rings. The van der Waals surface area contributed by atoms with E-state index in [1.54, 1.807) is 0 Å². The van der Waals surface area contributed by atoms with E-state index in [2.05, 4.69) is 9.99 Å². The Morgan fingerprint density at radius 3 is 2.62 bits per heavy atom. The number of hydrogen-bond acceptors (Lipinski definition) is 4. The first-order valence-electron chi connectivity index (χ1n) is 6.53. The Hall–Kier alpha value is -2.80. The van der Waals surface area contributed by atoms with Crippen molar-refractivity contribution in [1.29, 1.82) is 5.26 Å². The molecule has 0 aliphatic carbocycles. The highest BCUT2D eigenvalue weighted by Crippen LogP contribution is 2.14. The summed E-state index contributed by atoms with van der Waals surface area (Å²) in [4.78, 5) is 4.66. The second-order valence-electron chi connectivity index (χ2n) is 4.54. The van der Waals surface area contributed by atoms with Crippen LogP contribution in [-0.2, 0) is 11.4 Å². The molecule has 0 saturated heterocycles. The maximum atomic E-state index is 9.04. The molecule has 0 heterocycles. The Bertz CT molecular complexity index is 670. The van der Waals surface area contributed by atoms with Gasteiger partial charge in [0, 0.05) is 5.56 Å². The molecule has 0 unspecified atom stereocenters. The third kappa shape index (κ3) is 4.08.